The van der Waals surface area contributed by atoms with E-state index < -0.39 is 13.0 Å². The van der Waals surface area contributed by atoms with Crippen molar-refractivity contribution in [2.75, 3.05) is 13.2 Å². The largest absolute Gasteiger partial charge is 0.391 e. The van der Waals surface area contributed by atoms with Crippen LogP contribution in [0.3, 0.4) is 0 Å². The van der Waals surface area contributed by atoms with Gasteiger partial charge < -0.3 is 9.84 Å². The predicted molar refractivity (Wildman–Crippen MR) is 48.6 cm³/mol. The molecule has 14 heavy (non-hydrogen) atoms. The van der Waals surface area contributed by atoms with Crippen LogP contribution in [0.4, 0.5) is 8.78 Å². The summed E-state index contributed by atoms with van der Waals surface area (Å²) in [5.74, 6) is 0. The topological polar surface area (TPSA) is 42.4 Å². The zero-order valence-corrected chi connectivity index (χ0v) is 8.27. The molecule has 1 N–H and O–H groups in total. The summed E-state index contributed by atoms with van der Waals surface area (Å²) in [7, 11) is 0. The van der Waals surface area contributed by atoms with Crippen LogP contribution in [-0.4, -0.2) is 29.7 Å². The number of aliphatic hydroxyl groups is 1. The summed E-state index contributed by atoms with van der Waals surface area (Å²) in [6.07, 6.45) is -0.330. The third-order valence-corrected chi connectivity index (χ3v) is 2.50. The Balaban J connectivity index is 2.18. The highest BCUT2D eigenvalue weighted by Gasteiger charge is 2.03. The third-order valence-electron chi connectivity index (χ3n) is 1.46. The molecule has 0 radical (unpaired) electrons. The Hall–Kier alpha value is -0.590. The minimum absolute atomic E-state index is 0.0322. The number of hydrogen-bond acceptors (Lipinski definition) is 4. The second-order valence-electron chi connectivity index (χ2n) is 2.59. The zero-order valence-electron chi connectivity index (χ0n) is 7.45. The first kappa shape index (κ1) is 11.5. The SMILES string of the molecule is OCc1cnc(CCOCC(F)F)s1. The van der Waals surface area contributed by atoms with Gasteiger partial charge in [0.25, 0.3) is 6.43 Å². The Morgan fingerprint density at radius 3 is 2.93 bits per heavy atom. The second-order valence-corrected chi connectivity index (χ2v) is 3.79. The Bertz CT molecular complexity index is 268. The maximum absolute atomic E-state index is 11.6. The first-order chi connectivity index (χ1) is 6.72. The van der Waals surface area contributed by atoms with Gasteiger partial charge >= 0.3 is 0 Å². The summed E-state index contributed by atoms with van der Waals surface area (Å²) in [6, 6.07) is 0. The van der Waals surface area contributed by atoms with E-state index in [1.165, 1.54) is 11.3 Å². The van der Waals surface area contributed by atoms with Crippen LogP contribution >= 0.6 is 11.3 Å². The molecule has 0 saturated heterocycles. The summed E-state index contributed by atoms with van der Waals surface area (Å²) in [5, 5.41) is 9.53. The maximum atomic E-state index is 11.6. The van der Waals surface area contributed by atoms with E-state index in [-0.39, 0.29) is 13.2 Å². The molecule has 1 aromatic rings. The van der Waals surface area contributed by atoms with Crippen LogP contribution in [0, 0.1) is 0 Å². The molecule has 0 bridgehead atoms. The highest BCUT2D eigenvalue weighted by atomic mass is 32.1. The van der Waals surface area contributed by atoms with E-state index >= 15 is 0 Å². The lowest BCUT2D eigenvalue weighted by molar-refractivity contribution is 0.0187. The molecule has 0 aliphatic carbocycles. The number of alkyl halides is 2. The predicted octanol–water partition coefficient (Wildman–Crippen LogP) is 1.46. The summed E-state index contributed by atoms with van der Waals surface area (Å²) in [6.45, 7) is -0.323. The Morgan fingerprint density at radius 1 is 1.57 bits per heavy atom. The molecule has 1 aromatic heterocycles. The van der Waals surface area contributed by atoms with Gasteiger partial charge in [0.05, 0.1) is 23.1 Å². The van der Waals surface area contributed by atoms with Gasteiger partial charge in [-0.25, -0.2) is 13.8 Å². The molecular weight excluding hydrogens is 212 g/mol. The zero-order chi connectivity index (χ0) is 10.4. The maximum Gasteiger partial charge on any atom is 0.261 e. The van der Waals surface area contributed by atoms with Crippen LogP contribution in [0.1, 0.15) is 9.88 Å². The lowest BCUT2D eigenvalue weighted by atomic mass is 10.5. The minimum atomic E-state index is -2.42. The van der Waals surface area contributed by atoms with Crippen LogP contribution in [0.25, 0.3) is 0 Å². The van der Waals surface area contributed by atoms with Crippen LogP contribution in [0.15, 0.2) is 6.20 Å². The first-order valence-corrected chi connectivity index (χ1v) is 4.94. The van der Waals surface area contributed by atoms with Crippen molar-refractivity contribution >= 4 is 11.3 Å². The van der Waals surface area contributed by atoms with Gasteiger partial charge in [0.2, 0.25) is 0 Å². The number of halogens is 2. The number of aliphatic hydroxyl groups excluding tert-OH is 1. The smallest absolute Gasteiger partial charge is 0.261 e. The van der Waals surface area contributed by atoms with E-state index in [9.17, 15) is 8.78 Å². The fourth-order valence-electron chi connectivity index (χ4n) is 0.869. The van der Waals surface area contributed by atoms with Gasteiger partial charge in [-0.1, -0.05) is 0 Å². The quantitative estimate of drug-likeness (QED) is 0.742. The average molecular weight is 223 g/mol. The second kappa shape index (κ2) is 6.00. The van der Waals surface area contributed by atoms with Crippen LogP contribution in [0.2, 0.25) is 0 Å². The number of ether oxygens (including phenoxy) is 1. The number of nitrogens with zero attached hydrogens (tertiary/aromatic N) is 1. The van der Waals surface area contributed by atoms with E-state index in [0.29, 0.717) is 6.42 Å². The van der Waals surface area contributed by atoms with Crippen molar-refractivity contribution in [3.8, 4) is 0 Å². The van der Waals surface area contributed by atoms with Gasteiger partial charge in [-0.2, -0.15) is 0 Å². The third kappa shape index (κ3) is 4.08. The molecule has 0 aliphatic heterocycles. The van der Waals surface area contributed by atoms with E-state index in [1.807, 2.05) is 0 Å². The Labute approximate surface area is 84.4 Å². The molecule has 0 amide bonds. The average Bonchev–Trinajstić information content (AvgIpc) is 2.60. The molecule has 1 heterocycles. The van der Waals surface area contributed by atoms with Gasteiger partial charge in [-0.05, 0) is 0 Å². The van der Waals surface area contributed by atoms with Crippen LogP contribution in [0.5, 0.6) is 0 Å². The monoisotopic (exact) mass is 223 g/mol. The summed E-state index contributed by atoms with van der Waals surface area (Å²) in [4.78, 5) is 4.77. The normalized spacial score (nSPS) is 11.1. The Morgan fingerprint density at radius 2 is 2.36 bits per heavy atom. The molecular formula is C8H11F2NO2S. The van der Waals surface area contributed by atoms with Crippen molar-refractivity contribution in [3.05, 3.63) is 16.1 Å². The van der Waals surface area contributed by atoms with Crippen molar-refractivity contribution in [2.24, 2.45) is 0 Å². The molecule has 80 valence electrons. The molecule has 1 rings (SSSR count). The molecule has 0 fully saturated rings. The number of rotatable bonds is 6. The fourth-order valence-corrected chi connectivity index (χ4v) is 1.63. The van der Waals surface area contributed by atoms with Gasteiger partial charge in [0.15, 0.2) is 0 Å². The van der Waals surface area contributed by atoms with Crippen LogP contribution in [-0.2, 0) is 17.8 Å². The minimum Gasteiger partial charge on any atom is -0.391 e. The number of aromatic nitrogens is 1. The molecule has 0 unspecified atom stereocenters. The fraction of sp³-hybridized carbons (Fsp3) is 0.625. The summed E-state index contributed by atoms with van der Waals surface area (Å²) in [5.41, 5.74) is 0. The van der Waals surface area contributed by atoms with E-state index in [1.54, 1.807) is 6.20 Å². The lowest BCUT2D eigenvalue weighted by Gasteiger charge is -2.00. The van der Waals surface area contributed by atoms with Gasteiger partial charge in [-0.3, -0.25) is 0 Å². The van der Waals surface area contributed by atoms with Gasteiger partial charge in [0, 0.05) is 12.6 Å². The van der Waals surface area contributed by atoms with Crippen molar-refractivity contribution in [1.82, 2.24) is 4.98 Å². The van der Waals surface area contributed by atoms with Crippen LogP contribution < -0.4 is 0 Å². The van der Waals surface area contributed by atoms with Gasteiger partial charge in [0.1, 0.15) is 6.61 Å². The summed E-state index contributed by atoms with van der Waals surface area (Å²) < 4.78 is 28.0. The van der Waals surface area contributed by atoms with E-state index in [4.69, 9.17) is 9.84 Å². The molecule has 0 saturated carbocycles. The molecule has 0 aliphatic rings. The Kier molecular flexibility index (Phi) is 4.92. The standard InChI is InChI=1S/C8H11F2NO2S/c9-7(10)5-13-2-1-8-11-3-6(4-12)14-8/h3,7,12H,1-2,4-5H2. The molecule has 0 spiro atoms. The van der Waals surface area contributed by atoms with E-state index in [2.05, 4.69) is 4.98 Å². The van der Waals surface area contributed by atoms with Crippen molar-refractivity contribution in [2.45, 2.75) is 19.5 Å². The first-order valence-electron chi connectivity index (χ1n) is 4.12. The summed E-state index contributed by atoms with van der Waals surface area (Å²) >= 11 is 1.36. The van der Waals surface area contributed by atoms with Crippen molar-refractivity contribution in [3.63, 3.8) is 0 Å². The highest BCUT2D eigenvalue weighted by Crippen LogP contribution is 2.13. The van der Waals surface area contributed by atoms with E-state index in [0.717, 1.165) is 9.88 Å². The molecule has 0 aromatic carbocycles. The highest BCUT2D eigenvalue weighted by molar-refractivity contribution is 7.11. The number of hydrogen-bond donors (Lipinski definition) is 1. The molecule has 3 nitrogen and oxygen atoms in total. The van der Waals surface area contributed by atoms with Gasteiger partial charge in [-0.15, -0.1) is 11.3 Å². The number of thiazole rings is 1. The lowest BCUT2D eigenvalue weighted by Crippen LogP contribution is -2.06. The molecule has 6 heteroatoms. The van der Waals surface area contributed by atoms with Crippen molar-refractivity contribution < 1.29 is 18.6 Å². The van der Waals surface area contributed by atoms with Crippen molar-refractivity contribution in [1.29, 1.82) is 0 Å². The molecule has 0 atom stereocenters.